The third-order valence-electron chi connectivity index (χ3n) is 2.95. The van der Waals surface area contributed by atoms with Gasteiger partial charge < -0.3 is 10.4 Å². The molecule has 96 valence electrons. The molecular formula is C13H16N2O2S. The fraction of sp³-hybridized carbons (Fsp3) is 0.385. The number of hydrogen-bond acceptors (Lipinski definition) is 4. The molecule has 1 unspecified atom stereocenters. The molecule has 0 saturated carbocycles. The predicted molar refractivity (Wildman–Crippen MR) is 71.7 cm³/mol. The fourth-order valence-corrected chi connectivity index (χ4v) is 2.85. The molecule has 4 nitrogen and oxygen atoms in total. The Morgan fingerprint density at radius 1 is 1.67 bits per heavy atom. The third-order valence-corrected chi connectivity index (χ3v) is 3.88. The summed E-state index contributed by atoms with van der Waals surface area (Å²) in [5.74, 6) is 0.547. The number of carbonyl (C=O) groups is 1. The van der Waals surface area contributed by atoms with Crippen molar-refractivity contribution in [2.24, 2.45) is 11.8 Å². The SMILES string of the molecule is O=C(NCc1cccnc1)[C@@H](CO)C1C=CSC1. The number of aromatic nitrogens is 1. The third kappa shape index (κ3) is 3.34. The molecule has 1 amide bonds. The van der Waals surface area contributed by atoms with E-state index in [1.54, 1.807) is 24.2 Å². The minimum absolute atomic E-state index is 0.0986. The number of thioether (sulfide) groups is 1. The van der Waals surface area contributed by atoms with Crippen LogP contribution < -0.4 is 5.32 Å². The number of allylic oxidation sites excluding steroid dienone is 1. The number of aliphatic hydroxyl groups is 1. The minimum Gasteiger partial charge on any atom is -0.396 e. The van der Waals surface area contributed by atoms with Crippen LogP contribution in [0.4, 0.5) is 0 Å². The molecule has 2 heterocycles. The molecule has 0 spiro atoms. The number of rotatable bonds is 5. The summed E-state index contributed by atoms with van der Waals surface area (Å²) < 4.78 is 0. The number of nitrogens with zero attached hydrogens (tertiary/aromatic N) is 1. The summed E-state index contributed by atoms with van der Waals surface area (Å²) in [6, 6.07) is 3.74. The minimum atomic E-state index is -0.354. The van der Waals surface area contributed by atoms with Crippen LogP contribution in [0, 0.1) is 11.8 Å². The van der Waals surface area contributed by atoms with Crippen LogP contribution in [-0.4, -0.2) is 28.4 Å². The Labute approximate surface area is 111 Å². The summed E-state index contributed by atoms with van der Waals surface area (Å²) in [4.78, 5) is 16.0. The monoisotopic (exact) mass is 264 g/mol. The van der Waals surface area contributed by atoms with E-state index < -0.39 is 0 Å². The summed E-state index contributed by atoms with van der Waals surface area (Å²) in [5, 5.41) is 14.2. The molecule has 1 aromatic heterocycles. The maximum atomic E-state index is 12.0. The zero-order valence-corrected chi connectivity index (χ0v) is 10.8. The van der Waals surface area contributed by atoms with Gasteiger partial charge in [0.25, 0.3) is 0 Å². The standard InChI is InChI=1S/C13H16N2O2S/c16-8-12(11-3-5-18-9-11)13(17)15-7-10-2-1-4-14-6-10/h1-6,11-12,16H,7-9H2,(H,15,17)/t11?,12-/m0/s1. The van der Waals surface area contributed by atoms with Gasteiger partial charge in [-0.1, -0.05) is 12.1 Å². The Morgan fingerprint density at radius 2 is 2.56 bits per heavy atom. The molecule has 0 aliphatic carbocycles. The normalized spacial score (nSPS) is 19.7. The molecule has 2 atom stereocenters. The number of carbonyl (C=O) groups excluding carboxylic acids is 1. The molecule has 1 aliphatic rings. The molecule has 0 radical (unpaired) electrons. The molecule has 1 aliphatic heterocycles. The van der Waals surface area contributed by atoms with Gasteiger partial charge in [-0.25, -0.2) is 0 Å². The fourth-order valence-electron chi connectivity index (χ4n) is 1.86. The summed E-state index contributed by atoms with van der Waals surface area (Å²) in [6.07, 6.45) is 5.41. The first-order chi connectivity index (χ1) is 8.81. The summed E-state index contributed by atoms with van der Waals surface area (Å²) in [5.41, 5.74) is 0.957. The molecular weight excluding hydrogens is 248 g/mol. The van der Waals surface area contributed by atoms with Crippen LogP contribution in [0.2, 0.25) is 0 Å². The molecule has 0 aromatic carbocycles. The van der Waals surface area contributed by atoms with Gasteiger partial charge in [0.05, 0.1) is 12.5 Å². The first-order valence-corrected chi connectivity index (χ1v) is 6.92. The van der Waals surface area contributed by atoms with Crippen LogP contribution in [0.5, 0.6) is 0 Å². The topological polar surface area (TPSA) is 62.2 Å². The van der Waals surface area contributed by atoms with E-state index >= 15 is 0 Å². The molecule has 2 rings (SSSR count). The second-order valence-electron chi connectivity index (χ2n) is 4.19. The molecule has 0 saturated heterocycles. The average molecular weight is 264 g/mol. The highest BCUT2D eigenvalue weighted by Crippen LogP contribution is 2.26. The van der Waals surface area contributed by atoms with E-state index in [0.717, 1.165) is 11.3 Å². The van der Waals surface area contributed by atoms with E-state index in [0.29, 0.717) is 6.54 Å². The van der Waals surface area contributed by atoms with Crippen molar-refractivity contribution >= 4 is 17.7 Å². The van der Waals surface area contributed by atoms with Gasteiger partial charge >= 0.3 is 0 Å². The Hall–Kier alpha value is -1.33. The van der Waals surface area contributed by atoms with E-state index in [9.17, 15) is 9.90 Å². The highest BCUT2D eigenvalue weighted by atomic mass is 32.2. The second-order valence-corrected chi connectivity index (χ2v) is 5.13. The number of nitrogens with one attached hydrogen (secondary N) is 1. The lowest BCUT2D eigenvalue weighted by Gasteiger charge is -2.18. The largest absolute Gasteiger partial charge is 0.396 e. The number of aliphatic hydroxyl groups excluding tert-OH is 1. The summed E-state index contributed by atoms with van der Waals surface area (Å²) in [7, 11) is 0. The average Bonchev–Trinajstić information content (AvgIpc) is 2.92. The van der Waals surface area contributed by atoms with Gasteiger partial charge in [0.15, 0.2) is 0 Å². The van der Waals surface area contributed by atoms with Crippen molar-refractivity contribution in [3.63, 3.8) is 0 Å². The van der Waals surface area contributed by atoms with Gasteiger partial charge in [-0.2, -0.15) is 0 Å². The van der Waals surface area contributed by atoms with Gasteiger partial charge in [-0.15, -0.1) is 11.8 Å². The molecule has 0 bridgehead atoms. The van der Waals surface area contributed by atoms with Gasteiger partial charge in [-0.05, 0) is 17.0 Å². The Balaban J connectivity index is 1.88. The lowest BCUT2D eigenvalue weighted by atomic mass is 9.94. The van der Waals surface area contributed by atoms with E-state index in [-0.39, 0.29) is 24.3 Å². The zero-order valence-electron chi connectivity index (χ0n) is 9.95. The van der Waals surface area contributed by atoms with Crippen LogP contribution in [0.15, 0.2) is 36.0 Å². The van der Waals surface area contributed by atoms with Gasteiger partial charge in [-0.3, -0.25) is 9.78 Å². The Morgan fingerprint density at radius 3 is 3.17 bits per heavy atom. The molecule has 5 heteroatoms. The van der Waals surface area contributed by atoms with Crippen molar-refractivity contribution in [3.8, 4) is 0 Å². The van der Waals surface area contributed by atoms with Crippen LogP contribution in [-0.2, 0) is 11.3 Å². The van der Waals surface area contributed by atoms with Gasteiger partial charge in [0.2, 0.25) is 5.91 Å². The van der Waals surface area contributed by atoms with E-state index in [4.69, 9.17) is 0 Å². The van der Waals surface area contributed by atoms with Crippen LogP contribution in [0.1, 0.15) is 5.56 Å². The summed E-state index contributed by atoms with van der Waals surface area (Å²) >= 11 is 1.68. The van der Waals surface area contributed by atoms with Gasteiger partial charge in [0.1, 0.15) is 0 Å². The van der Waals surface area contributed by atoms with Crippen LogP contribution in [0.25, 0.3) is 0 Å². The smallest absolute Gasteiger partial charge is 0.226 e. The van der Waals surface area contributed by atoms with E-state index in [1.165, 1.54) is 0 Å². The van der Waals surface area contributed by atoms with Crippen molar-refractivity contribution in [2.75, 3.05) is 12.4 Å². The number of pyridine rings is 1. The molecule has 2 N–H and O–H groups in total. The lowest BCUT2D eigenvalue weighted by molar-refractivity contribution is -0.127. The van der Waals surface area contributed by atoms with Crippen molar-refractivity contribution in [1.82, 2.24) is 10.3 Å². The first kappa shape index (κ1) is 13.1. The number of amides is 1. The van der Waals surface area contributed by atoms with E-state index in [2.05, 4.69) is 10.3 Å². The number of hydrogen-bond donors (Lipinski definition) is 2. The van der Waals surface area contributed by atoms with Crippen LogP contribution >= 0.6 is 11.8 Å². The lowest BCUT2D eigenvalue weighted by Crippen LogP contribution is -2.36. The zero-order chi connectivity index (χ0) is 12.8. The Bertz CT molecular complexity index is 422. The summed E-state index contributed by atoms with van der Waals surface area (Å²) in [6.45, 7) is 0.335. The second kappa shape index (κ2) is 6.56. The van der Waals surface area contributed by atoms with Crippen molar-refractivity contribution in [3.05, 3.63) is 41.6 Å². The van der Waals surface area contributed by atoms with Crippen LogP contribution in [0.3, 0.4) is 0 Å². The quantitative estimate of drug-likeness (QED) is 0.838. The van der Waals surface area contributed by atoms with Crippen molar-refractivity contribution in [1.29, 1.82) is 0 Å². The maximum Gasteiger partial charge on any atom is 0.226 e. The molecule has 1 aromatic rings. The van der Waals surface area contributed by atoms with Crippen molar-refractivity contribution < 1.29 is 9.90 Å². The highest BCUT2D eigenvalue weighted by Gasteiger charge is 2.27. The maximum absolute atomic E-state index is 12.0. The van der Waals surface area contributed by atoms with Crippen molar-refractivity contribution in [2.45, 2.75) is 6.54 Å². The first-order valence-electron chi connectivity index (χ1n) is 5.87. The highest BCUT2D eigenvalue weighted by molar-refractivity contribution is 8.02. The van der Waals surface area contributed by atoms with Gasteiger partial charge in [0, 0.05) is 30.6 Å². The Kier molecular flexibility index (Phi) is 4.78. The predicted octanol–water partition coefficient (Wildman–Crippen LogP) is 1.18. The molecule has 18 heavy (non-hydrogen) atoms. The van der Waals surface area contributed by atoms with E-state index in [1.807, 2.05) is 23.6 Å². The molecule has 0 fully saturated rings.